The van der Waals surface area contributed by atoms with Gasteiger partial charge in [-0.25, -0.2) is 5.43 Å². The molecule has 21 heavy (non-hydrogen) atoms. The number of benzene rings is 1. The Morgan fingerprint density at radius 1 is 1.29 bits per heavy atom. The number of carbonyl (C=O) groups is 1. The molecule has 0 spiro atoms. The summed E-state index contributed by atoms with van der Waals surface area (Å²) in [7, 11) is 0. The number of nitrogens with zero attached hydrogens (tertiary/aromatic N) is 1. The predicted molar refractivity (Wildman–Crippen MR) is 87.4 cm³/mol. The number of nitrogens with one attached hydrogen (secondary N) is 1. The van der Waals surface area contributed by atoms with Crippen LogP contribution in [0.5, 0.6) is 0 Å². The van der Waals surface area contributed by atoms with E-state index in [0.717, 1.165) is 35.3 Å². The van der Waals surface area contributed by atoms with E-state index >= 15 is 0 Å². The third kappa shape index (κ3) is 3.91. The van der Waals surface area contributed by atoms with Gasteiger partial charge in [-0.3, -0.25) is 4.79 Å². The van der Waals surface area contributed by atoms with Gasteiger partial charge in [-0.15, -0.1) is 0 Å². The van der Waals surface area contributed by atoms with Crippen LogP contribution in [0.3, 0.4) is 0 Å². The highest BCUT2D eigenvalue weighted by Crippen LogP contribution is 2.26. The first-order valence-corrected chi connectivity index (χ1v) is 7.23. The maximum absolute atomic E-state index is 12.1. The number of hydrazone groups is 1. The summed E-state index contributed by atoms with van der Waals surface area (Å²) in [5.41, 5.74) is 7.65. The van der Waals surface area contributed by atoms with E-state index in [2.05, 4.69) is 23.2 Å². The molecule has 0 heterocycles. The lowest BCUT2D eigenvalue weighted by atomic mass is 9.85. The molecule has 1 aromatic rings. The molecular weight excluding hydrogens is 260 g/mol. The maximum atomic E-state index is 12.1. The molecule has 0 fully saturated rings. The van der Waals surface area contributed by atoms with Gasteiger partial charge < -0.3 is 0 Å². The Bertz CT molecular complexity index is 609. The van der Waals surface area contributed by atoms with Crippen LogP contribution < -0.4 is 5.43 Å². The highest BCUT2D eigenvalue weighted by atomic mass is 16.2. The van der Waals surface area contributed by atoms with E-state index < -0.39 is 0 Å². The van der Waals surface area contributed by atoms with Crippen molar-refractivity contribution in [1.82, 2.24) is 5.43 Å². The van der Waals surface area contributed by atoms with E-state index in [1.54, 1.807) is 0 Å². The fourth-order valence-electron chi connectivity index (χ4n) is 2.31. The molecule has 1 aliphatic carbocycles. The summed E-state index contributed by atoms with van der Waals surface area (Å²) < 4.78 is 0. The normalized spacial score (nSPS) is 20.0. The number of allylic oxidation sites excluding steroid dienone is 3. The Morgan fingerprint density at radius 3 is 2.57 bits per heavy atom. The summed E-state index contributed by atoms with van der Waals surface area (Å²) in [4.78, 5) is 12.1. The number of carbonyl (C=O) groups excluding carboxylic acids is 1. The minimum atomic E-state index is -0.173. The fraction of sp³-hybridized carbons (Fsp3) is 0.333. The van der Waals surface area contributed by atoms with E-state index in [9.17, 15) is 4.79 Å². The fourth-order valence-corrected chi connectivity index (χ4v) is 2.31. The standard InChI is InChI=1S/C18H22N2O/c1-12(2)16-10-7-14(4)17(11-16)19-20-18(21)15-8-5-13(3)6-9-15/h5-9,16H,1,10-11H2,2-4H3,(H,20,21)/b19-17-/t16-/m0/s1. The van der Waals surface area contributed by atoms with Gasteiger partial charge in [0.15, 0.2) is 0 Å². The minimum Gasteiger partial charge on any atom is -0.267 e. The molecule has 0 saturated carbocycles. The summed E-state index contributed by atoms with van der Waals surface area (Å²) in [6.07, 6.45) is 4.01. The summed E-state index contributed by atoms with van der Waals surface area (Å²) in [6, 6.07) is 7.46. The molecule has 1 aromatic carbocycles. The van der Waals surface area contributed by atoms with E-state index in [4.69, 9.17) is 0 Å². The van der Waals surface area contributed by atoms with E-state index in [0.29, 0.717) is 11.5 Å². The molecule has 3 heteroatoms. The monoisotopic (exact) mass is 282 g/mol. The second kappa shape index (κ2) is 6.53. The van der Waals surface area contributed by atoms with Crippen molar-refractivity contribution in [2.24, 2.45) is 11.0 Å². The lowest BCUT2D eigenvalue weighted by Gasteiger charge is -2.22. The van der Waals surface area contributed by atoms with Crippen LogP contribution in [0, 0.1) is 12.8 Å². The van der Waals surface area contributed by atoms with Crippen LogP contribution in [0.25, 0.3) is 0 Å². The van der Waals surface area contributed by atoms with Gasteiger partial charge in [0.1, 0.15) is 0 Å². The molecule has 110 valence electrons. The van der Waals surface area contributed by atoms with E-state index in [1.165, 1.54) is 0 Å². The first-order valence-electron chi connectivity index (χ1n) is 7.23. The van der Waals surface area contributed by atoms with Crippen LogP contribution in [0.15, 0.2) is 53.2 Å². The van der Waals surface area contributed by atoms with Gasteiger partial charge >= 0.3 is 0 Å². The molecule has 2 rings (SSSR count). The summed E-state index contributed by atoms with van der Waals surface area (Å²) >= 11 is 0. The number of hydrogen-bond donors (Lipinski definition) is 1. The first-order chi connectivity index (χ1) is 9.97. The van der Waals surface area contributed by atoms with E-state index in [-0.39, 0.29) is 5.91 Å². The van der Waals surface area contributed by atoms with Gasteiger partial charge in [0.2, 0.25) is 0 Å². The van der Waals surface area contributed by atoms with Crippen molar-refractivity contribution in [2.45, 2.75) is 33.6 Å². The van der Waals surface area contributed by atoms with Crippen LogP contribution in [0.4, 0.5) is 0 Å². The lowest BCUT2D eigenvalue weighted by Crippen LogP contribution is -2.23. The van der Waals surface area contributed by atoms with Crippen molar-refractivity contribution in [3.63, 3.8) is 0 Å². The Morgan fingerprint density at radius 2 is 1.95 bits per heavy atom. The number of hydrogen-bond acceptors (Lipinski definition) is 2. The maximum Gasteiger partial charge on any atom is 0.271 e. The predicted octanol–water partition coefficient (Wildman–Crippen LogP) is 4.01. The Labute approximate surface area is 126 Å². The van der Waals surface area contributed by atoms with Crippen molar-refractivity contribution in [2.75, 3.05) is 0 Å². The van der Waals surface area contributed by atoms with Crippen molar-refractivity contribution < 1.29 is 4.79 Å². The summed E-state index contributed by atoms with van der Waals surface area (Å²) in [6.45, 7) is 10.1. The Balaban J connectivity index is 2.07. The molecule has 0 aliphatic heterocycles. The van der Waals surface area contributed by atoms with Crippen molar-refractivity contribution in [1.29, 1.82) is 0 Å². The van der Waals surface area contributed by atoms with Gasteiger partial charge in [-0.05, 0) is 57.2 Å². The molecule has 1 aliphatic rings. The van der Waals surface area contributed by atoms with Crippen LogP contribution >= 0.6 is 0 Å². The molecule has 1 amide bonds. The number of rotatable bonds is 3. The molecule has 0 saturated heterocycles. The molecule has 0 aromatic heterocycles. The molecule has 1 atom stereocenters. The highest BCUT2D eigenvalue weighted by Gasteiger charge is 2.18. The second-order valence-corrected chi connectivity index (χ2v) is 5.74. The second-order valence-electron chi connectivity index (χ2n) is 5.74. The van der Waals surface area contributed by atoms with Gasteiger partial charge in [0.05, 0.1) is 5.71 Å². The highest BCUT2D eigenvalue weighted by molar-refractivity contribution is 6.02. The number of aryl methyl sites for hydroxylation is 1. The van der Waals surface area contributed by atoms with Crippen LogP contribution in [-0.4, -0.2) is 11.6 Å². The van der Waals surface area contributed by atoms with Gasteiger partial charge in [0.25, 0.3) is 5.91 Å². The molecule has 0 radical (unpaired) electrons. The average Bonchev–Trinajstić information content (AvgIpc) is 2.46. The quantitative estimate of drug-likeness (QED) is 0.660. The van der Waals surface area contributed by atoms with Crippen LogP contribution in [0.1, 0.15) is 42.6 Å². The zero-order valence-electron chi connectivity index (χ0n) is 12.9. The third-order valence-electron chi connectivity index (χ3n) is 3.91. The lowest BCUT2D eigenvalue weighted by molar-refractivity contribution is 0.0954. The molecular formula is C18H22N2O. The largest absolute Gasteiger partial charge is 0.271 e. The first kappa shape index (κ1) is 15.2. The smallest absolute Gasteiger partial charge is 0.267 e. The topological polar surface area (TPSA) is 41.5 Å². The molecule has 3 nitrogen and oxygen atoms in total. The average molecular weight is 282 g/mol. The number of amides is 1. The van der Waals surface area contributed by atoms with Gasteiger partial charge in [-0.2, -0.15) is 5.10 Å². The summed E-state index contributed by atoms with van der Waals surface area (Å²) in [5.74, 6) is 0.247. The molecule has 0 unspecified atom stereocenters. The third-order valence-corrected chi connectivity index (χ3v) is 3.91. The van der Waals surface area contributed by atoms with Gasteiger partial charge in [-0.1, -0.05) is 35.9 Å². The Kier molecular flexibility index (Phi) is 4.73. The zero-order chi connectivity index (χ0) is 15.4. The van der Waals surface area contributed by atoms with Crippen LogP contribution in [-0.2, 0) is 0 Å². The van der Waals surface area contributed by atoms with Crippen molar-refractivity contribution in [3.05, 3.63) is 59.2 Å². The van der Waals surface area contributed by atoms with Crippen LogP contribution in [0.2, 0.25) is 0 Å². The van der Waals surface area contributed by atoms with Gasteiger partial charge in [0, 0.05) is 5.56 Å². The molecule has 0 bridgehead atoms. The SMILES string of the molecule is C=C(C)[C@H]1CC=C(C)/C(=N\NC(=O)c2ccc(C)cc2)C1. The van der Waals surface area contributed by atoms with Crippen molar-refractivity contribution in [3.8, 4) is 0 Å². The molecule has 1 N–H and O–H groups in total. The summed E-state index contributed by atoms with van der Waals surface area (Å²) in [5, 5.41) is 4.30. The van der Waals surface area contributed by atoms with E-state index in [1.807, 2.05) is 45.0 Å². The minimum absolute atomic E-state index is 0.173. The Hall–Kier alpha value is -2.16. The zero-order valence-corrected chi connectivity index (χ0v) is 12.9. The van der Waals surface area contributed by atoms with Crippen molar-refractivity contribution >= 4 is 11.6 Å².